The molecule has 2 aromatic rings. The number of halogens is 1. The van der Waals surface area contributed by atoms with Crippen molar-refractivity contribution in [1.29, 1.82) is 0 Å². The fourth-order valence-electron chi connectivity index (χ4n) is 3.99. The third-order valence-corrected chi connectivity index (χ3v) is 5.27. The molecule has 2 aliphatic rings. The Morgan fingerprint density at radius 1 is 1.25 bits per heavy atom. The summed E-state index contributed by atoms with van der Waals surface area (Å²) in [6.45, 7) is 2.92. The van der Waals surface area contributed by atoms with Gasteiger partial charge in [0.25, 0.3) is 0 Å². The molecule has 3 nitrogen and oxygen atoms in total. The number of hydrogen-bond donors (Lipinski definition) is 2. The minimum absolute atomic E-state index is 0.00891. The number of aryl methyl sites for hydroxylation is 1. The van der Waals surface area contributed by atoms with E-state index in [4.69, 9.17) is 4.74 Å². The first-order valence-corrected chi connectivity index (χ1v) is 8.66. The molecule has 2 N–H and O–H groups in total. The van der Waals surface area contributed by atoms with E-state index in [2.05, 4.69) is 30.4 Å². The number of ether oxygens (including phenoxy) is 1. The standard InChI is InChI=1S/C20H22FNO2/c1-2-12-5-7-17-15(10-12)20-14(4-3-9-24-20)19(22-17)13-6-8-18(23)16(21)11-13/h5-8,10-11,14,19-20,22-23H,2-4,9H2,1H3/t14?,19-,20?/m0/s1. The van der Waals surface area contributed by atoms with Crippen LogP contribution in [0.5, 0.6) is 5.75 Å². The van der Waals surface area contributed by atoms with Crippen LogP contribution >= 0.6 is 0 Å². The second-order valence-corrected chi connectivity index (χ2v) is 6.71. The zero-order valence-corrected chi connectivity index (χ0v) is 13.8. The SMILES string of the molecule is CCc1ccc2c(c1)C1OCCCC1[C@H](c1ccc(O)c(F)c1)N2. The van der Waals surface area contributed by atoms with E-state index in [-0.39, 0.29) is 23.8 Å². The zero-order valence-electron chi connectivity index (χ0n) is 13.8. The van der Waals surface area contributed by atoms with Crippen molar-refractivity contribution >= 4 is 5.69 Å². The summed E-state index contributed by atoms with van der Waals surface area (Å²) in [5.74, 6) is -0.615. The molecule has 0 spiro atoms. The Morgan fingerprint density at radius 3 is 2.92 bits per heavy atom. The second kappa shape index (κ2) is 6.10. The number of phenolic OH excluding ortho intramolecular Hbond substituents is 1. The van der Waals surface area contributed by atoms with E-state index in [1.807, 2.05) is 0 Å². The second-order valence-electron chi connectivity index (χ2n) is 6.71. The largest absolute Gasteiger partial charge is 0.505 e. The van der Waals surface area contributed by atoms with Gasteiger partial charge in [0, 0.05) is 23.8 Å². The topological polar surface area (TPSA) is 41.5 Å². The van der Waals surface area contributed by atoms with Crippen LogP contribution in [0, 0.1) is 11.7 Å². The molecule has 4 heteroatoms. The highest BCUT2D eigenvalue weighted by Gasteiger charge is 2.40. The quantitative estimate of drug-likeness (QED) is 0.838. The van der Waals surface area contributed by atoms with Crippen LogP contribution in [0.1, 0.15) is 48.6 Å². The van der Waals surface area contributed by atoms with Crippen LogP contribution in [0.4, 0.5) is 10.1 Å². The van der Waals surface area contributed by atoms with Crippen LogP contribution in [0.15, 0.2) is 36.4 Å². The molecule has 2 unspecified atom stereocenters. The van der Waals surface area contributed by atoms with E-state index in [0.29, 0.717) is 0 Å². The van der Waals surface area contributed by atoms with Crippen LogP contribution < -0.4 is 5.32 Å². The number of aromatic hydroxyl groups is 1. The highest BCUT2D eigenvalue weighted by molar-refractivity contribution is 5.58. The van der Waals surface area contributed by atoms with E-state index >= 15 is 0 Å². The van der Waals surface area contributed by atoms with Gasteiger partial charge < -0.3 is 15.2 Å². The lowest BCUT2D eigenvalue weighted by molar-refractivity contribution is -0.0382. The monoisotopic (exact) mass is 327 g/mol. The normalized spacial score (nSPS) is 25.5. The van der Waals surface area contributed by atoms with Crippen LogP contribution in [0.2, 0.25) is 0 Å². The molecule has 0 radical (unpaired) electrons. The summed E-state index contributed by atoms with van der Waals surface area (Å²) >= 11 is 0. The Hall–Kier alpha value is -2.07. The number of hydrogen-bond acceptors (Lipinski definition) is 3. The molecule has 2 aromatic carbocycles. The third kappa shape index (κ3) is 2.55. The summed E-state index contributed by atoms with van der Waals surface area (Å²) < 4.78 is 20.0. The van der Waals surface area contributed by atoms with Crippen molar-refractivity contribution in [3.8, 4) is 5.75 Å². The summed E-state index contributed by atoms with van der Waals surface area (Å²) in [7, 11) is 0. The van der Waals surface area contributed by atoms with Gasteiger partial charge in [-0.05, 0) is 48.6 Å². The summed E-state index contributed by atoms with van der Waals surface area (Å²) in [5, 5.41) is 13.1. The third-order valence-electron chi connectivity index (χ3n) is 5.27. The minimum Gasteiger partial charge on any atom is -0.505 e. The van der Waals surface area contributed by atoms with Gasteiger partial charge in [0.05, 0.1) is 12.1 Å². The molecule has 0 amide bonds. The molecule has 0 saturated carbocycles. The van der Waals surface area contributed by atoms with Crippen LogP contribution in [0.25, 0.3) is 0 Å². The Bertz CT molecular complexity index is 761. The number of phenols is 1. The first-order valence-electron chi connectivity index (χ1n) is 8.66. The molecular formula is C20H22FNO2. The molecule has 4 rings (SSSR count). The van der Waals surface area contributed by atoms with Gasteiger partial charge in [-0.2, -0.15) is 0 Å². The lowest BCUT2D eigenvalue weighted by Gasteiger charge is -2.43. The lowest BCUT2D eigenvalue weighted by Crippen LogP contribution is -2.36. The molecule has 0 bridgehead atoms. The van der Waals surface area contributed by atoms with Crippen molar-refractivity contribution in [3.63, 3.8) is 0 Å². The number of anilines is 1. The predicted octanol–water partition coefficient (Wildman–Crippen LogP) is 4.73. The highest BCUT2D eigenvalue weighted by atomic mass is 19.1. The zero-order chi connectivity index (χ0) is 16.7. The summed E-state index contributed by atoms with van der Waals surface area (Å²) in [5.41, 5.74) is 4.44. The first kappa shape index (κ1) is 15.5. The number of rotatable bonds is 2. The van der Waals surface area contributed by atoms with Crippen molar-refractivity contribution in [2.24, 2.45) is 5.92 Å². The van der Waals surface area contributed by atoms with Gasteiger partial charge in [-0.15, -0.1) is 0 Å². The molecule has 126 valence electrons. The van der Waals surface area contributed by atoms with Gasteiger partial charge in [0.1, 0.15) is 0 Å². The van der Waals surface area contributed by atoms with Crippen LogP contribution in [0.3, 0.4) is 0 Å². The molecule has 0 aliphatic carbocycles. The minimum atomic E-state index is -0.574. The maximum Gasteiger partial charge on any atom is 0.165 e. The Morgan fingerprint density at radius 2 is 2.12 bits per heavy atom. The Labute approximate surface area is 141 Å². The van der Waals surface area contributed by atoms with Gasteiger partial charge in [-0.25, -0.2) is 4.39 Å². The first-order chi connectivity index (χ1) is 11.7. The molecule has 2 aliphatic heterocycles. The maximum absolute atomic E-state index is 13.8. The van der Waals surface area contributed by atoms with Gasteiger partial charge >= 0.3 is 0 Å². The average Bonchev–Trinajstić information content (AvgIpc) is 2.63. The lowest BCUT2D eigenvalue weighted by atomic mass is 9.77. The Balaban J connectivity index is 1.77. The van der Waals surface area contributed by atoms with Crippen molar-refractivity contribution in [1.82, 2.24) is 0 Å². The van der Waals surface area contributed by atoms with E-state index in [1.54, 1.807) is 6.07 Å². The van der Waals surface area contributed by atoms with Gasteiger partial charge in [0.2, 0.25) is 0 Å². The van der Waals surface area contributed by atoms with Crippen molar-refractivity contribution in [2.45, 2.75) is 38.3 Å². The number of fused-ring (bicyclic) bond motifs is 3. The van der Waals surface area contributed by atoms with Gasteiger partial charge in [-0.1, -0.05) is 25.1 Å². The maximum atomic E-state index is 13.8. The highest BCUT2D eigenvalue weighted by Crippen LogP contribution is 2.49. The molecule has 0 aromatic heterocycles. The van der Waals surface area contributed by atoms with Crippen molar-refractivity contribution in [3.05, 3.63) is 58.9 Å². The number of benzene rings is 2. The Kier molecular flexibility index (Phi) is 3.93. The van der Waals surface area contributed by atoms with Crippen molar-refractivity contribution < 1.29 is 14.2 Å². The summed E-state index contributed by atoms with van der Waals surface area (Å²) in [4.78, 5) is 0. The van der Waals surface area contributed by atoms with E-state index in [0.717, 1.165) is 37.1 Å². The molecule has 2 heterocycles. The molecular weight excluding hydrogens is 305 g/mol. The molecule has 24 heavy (non-hydrogen) atoms. The molecule has 3 atom stereocenters. The molecule has 1 fully saturated rings. The summed E-state index contributed by atoms with van der Waals surface area (Å²) in [6, 6.07) is 11.1. The smallest absolute Gasteiger partial charge is 0.165 e. The van der Waals surface area contributed by atoms with E-state index in [9.17, 15) is 9.50 Å². The fraction of sp³-hybridized carbons (Fsp3) is 0.400. The molecule has 1 saturated heterocycles. The summed E-state index contributed by atoms with van der Waals surface area (Å²) in [6.07, 6.45) is 3.10. The van der Waals surface area contributed by atoms with E-state index in [1.165, 1.54) is 23.3 Å². The van der Waals surface area contributed by atoms with Crippen LogP contribution in [-0.2, 0) is 11.2 Å². The van der Waals surface area contributed by atoms with Crippen molar-refractivity contribution in [2.75, 3.05) is 11.9 Å². The van der Waals surface area contributed by atoms with Crippen LogP contribution in [-0.4, -0.2) is 11.7 Å². The van der Waals surface area contributed by atoms with E-state index < -0.39 is 5.82 Å². The predicted molar refractivity (Wildman–Crippen MR) is 91.7 cm³/mol. The van der Waals surface area contributed by atoms with Gasteiger partial charge in [-0.3, -0.25) is 0 Å². The average molecular weight is 327 g/mol. The van der Waals surface area contributed by atoms with Gasteiger partial charge in [0.15, 0.2) is 11.6 Å². The fourth-order valence-corrected chi connectivity index (χ4v) is 3.99. The number of nitrogens with one attached hydrogen (secondary N) is 1.